The first-order valence-electron chi connectivity index (χ1n) is 5.78. The van der Waals surface area contributed by atoms with E-state index in [0.29, 0.717) is 17.7 Å². The maximum atomic E-state index is 12.7. The first kappa shape index (κ1) is 15.8. The second kappa shape index (κ2) is 6.80. The monoisotopic (exact) mass is 288 g/mol. The van der Waals surface area contributed by atoms with Crippen LogP contribution in [0, 0.1) is 6.92 Å². The molecule has 0 amide bonds. The molecule has 0 aliphatic carbocycles. The summed E-state index contributed by atoms with van der Waals surface area (Å²) in [5.41, 5.74) is 0.135. The number of hydrogen-bond donors (Lipinski definition) is 0. The van der Waals surface area contributed by atoms with Gasteiger partial charge in [0.05, 0.1) is 5.56 Å². The smallest absolute Gasteiger partial charge is 0.288 e. The van der Waals surface area contributed by atoms with Crippen LogP contribution >= 0.6 is 11.8 Å². The van der Waals surface area contributed by atoms with Crippen molar-refractivity contribution in [3.05, 3.63) is 41.0 Å². The summed E-state index contributed by atoms with van der Waals surface area (Å²) < 4.78 is 38.1. The summed E-state index contributed by atoms with van der Waals surface area (Å²) in [6.45, 7) is 2.93. The maximum Gasteiger partial charge on any atom is 0.416 e. The van der Waals surface area contributed by atoms with Crippen LogP contribution in [0.5, 0.6) is 0 Å². The van der Waals surface area contributed by atoms with E-state index in [1.807, 2.05) is 0 Å². The van der Waals surface area contributed by atoms with Crippen LogP contribution in [0.3, 0.4) is 0 Å². The Morgan fingerprint density at radius 2 is 2.05 bits per heavy atom. The van der Waals surface area contributed by atoms with Crippen LogP contribution in [-0.4, -0.2) is 10.9 Å². The Labute approximate surface area is 114 Å². The fraction of sp³-hybridized carbons (Fsp3) is 0.357. The van der Waals surface area contributed by atoms with Crippen LogP contribution in [0.15, 0.2) is 24.3 Å². The number of carbonyl (C=O) groups excluding carboxylic acids is 1. The molecule has 0 fully saturated rings. The molecular weight excluding hydrogens is 273 g/mol. The third-order valence-electron chi connectivity index (χ3n) is 2.47. The highest BCUT2D eigenvalue weighted by atomic mass is 32.2. The molecule has 0 atom stereocenters. The zero-order chi connectivity index (χ0) is 14.5. The second-order valence-corrected chi connectivity index (χ2v) is 5.38. The standard InChI is InChI=1S/C14H15F3OS/c1-10-6-7-12(9-13(10)14(15,16)17)5-3-4-8-19-11(2)18/h3,5-7,9H,4,8H2,1-2H3. The van der Waals surface area contributed by atoms with E-state index in [1.165, 1.54) is 31.7 Å². The number of aryl methyl sites for hydroxylation is 1. The minimum atomic E-state index is -4.32. The molecule has 0 radical (unpaired) electrons. The number of hydrogen-bond acceptors (Lipinski definition) is 2. The first-order chi connectivity index (χ1) is 8.80. The number of rotatable bonds is 4. The highest BCUT2D eigenvalue weighted by Gasteiger charge is 2.32. The average Bonchev–Trinajstić information content (AvgIpc) is 2.28. The van der Waals surface area contributed by atoms with Gasteiger partial charge in [0.15, 0.2) is 5.12 Å². The van der Waals surface area contributed by atoms with Gasteiger partial charge in [-0.15, -0.1) is 0 Å². The number of halogens is 3. The molecule has 5 heteroatoms. The van der Waals surface area contributed by atoms with E-state index in [9.17, 15) is 18.0 Å². The number of carbonyl (C=O) groups is 1. The van der Waals surface area contributed by atoms with E-state index >= 15 is 0 Å². The third kappa shape index (κ3) is 5.51. The van der Waals surface area contributed by atoms with E-state index < -0.39 is 11.7 Å². The molecule has 104 valence electrons. The summed E-state index contributed by atoms with van der Waals surface area (Å²) in [5.74, 6) is 0.643. The molecule has 1 rings (SSSR count). The lowest BCUT2D eigenvalue weighted by Crippen LogP contribution is -2.07. The lowest BCUT2D eigenvalue weighted by atomic mass is 10.0. The van der Waals surface area contributed by atoms with Gasteiger partial charge in [-0.05, 0) is 30.5 Å². The van der Waals surface area contributed by atoms with Gasteiger partial charge in [0.25, 0.3) is 0 Å². The Bertz CT molecular complexity index is 478. The van der Waals surface area contributed by atoms with Crippen molar-refractivity contribution in [2.24, 2.45) is 0 Å². The molecule has 1 nitrogen and oxygen atoms in total. The highest BCUT2D eigenvalue weighted by Crippen LogP contribution is 2.32. The molecule has 0 aromatic heterocycles. The summed E-state index contributed by atoms with van der Waals surface area (Å²) in [6.07, 6.45) is -0.242. The molecule has 0 unspecified atom stereocenters. The minimum absolute atomic E-state index is 0.0445. The van der Waals surface area contributed by atoms with Crippen LogP contribution in [0.4, 0.5) is 13.2 Å². The van der Waals surface area contributed by atoms with E-state index in [1.54, 1.807) is 18.2 Å². The van der Waals surface area contributed by atoms with Crippen molar-refractivity contribution in [3.8, 4) is 0 Å². The van der Waals surface area contributed by atoms with Crippen LogP contribution in [0.1, 0.15) is 30.0 Å². The Balaban J connectivity index is 2.70. The fourth-order valence-electron chi connectivity index (χ4n) is 1.54. The SMILES string of the molecule is CC(=O)SCCC=Cc1ccc(C)c(C(F)(F)F)c1. The van der Waals surface area contributed by atoms with Gasteiger partial charge in [-0.3, -0.25) is 4.79 Å². The van der Waals surface area contributed by atoms with Gasteiger partial charge >= 0.3 is 6.18 Å². The van der Waals surface area contributed by atoms with Crippen molar-refractivity contribution in [1.29, 1.82) is 0 Å². The zero-order valence-corrected chi connectivity index (χ0v) is 11.6. The molecule has 1 aromatic rings. The van der Waals surface area contributed by atoms with Crippen molar-refractivity contribution < 1.29 is 18.0 Å². The normalized spacial score (nSPS) is 12.1. The van der Waals surface area contributed by atoms with Gasteiger partial charge in [0, 0.05) is 12.7 Å². The van der Waals surface area contributed by atoms with Crippen molar-refractivity contribution in [1.82, 2.24) is 0 Å². The van der Waals surface area contributed by atoms with Gasteiger partial charge in [0.1, 0.15) is 0 Å². The lowest BCUT2D eigenvalue weighted by molar-refractivity contribution is -0.138. The molecule has 0 aliphatic heterocycles. The van der Waals surface area contributed by atoms with E-state index in [4.69, 9.17) is 0 Å². The van der Waals surface area contributed by atoms with Gasteiger partial charge < -0.3 is 0 Å². The average molecular weight is 288 g/mol. The Morgan fingerprint density at radius 1 is 1.37 bits per heavy atom. The lowest BCUT2D eigenvalue weighted by Gasteiger charge is -2.10. The molecule has 0 bridgehead atoms. The summed E-state index contributed by atoms with van der Waals surface area (Å²) in [6, 6.07) is 4.26. The number of alkyl halides is 3. The summed E-state index contributed by atoms with van der Waals surface area (Å²) in [5, 5.41) is 0.0445. The van der Waals surface area contributed by atoms with E-state index in [2.05, 4.69) is 0 Å². The number of allylic oxidation sites excluding steroid dienone is 1. The van der Waals surface area contributed by atoms with Gasteiger partial charge in [-0.1, -0.05) is 36.0 Å². The van der Waals surface area contributed by atoms with Gasteiger partial charge in [0.2, 0.25) is 0 Å². The fourth-order valence-corrected chi connectivity index (χ4v) is 2.08. The van der Waals surface area contributed by atoms with Crippen molar-refractivity contribution in [3.63, 3.8) is 0 Å². The van der Waals surface area contributed by atoms with E-state index in [-0.39, 0.29) is 10.7 Å². The van der Waals surface area contributed by atoms with Crippen molar-refractivity contribution in [2.45, 2.75) is 26.4 Å². The number of thioether (sulfide) groups is 1. The Kier molecular flexibility index (Phi) is 5.66. The van der Waals surface area contributed by atoms with E-state index in [0.717, 1.165) is 6.07 Å². The number of benzene rings is 1. The quantitative estimate of drug-likeness (QED) is 0.747. The Hall–Kier alpha value is -1.23. The third-order valence-corrected chi connectivity index (χ3v) is 3.31. The summed E-state index contributed by atoms with van der Waals surface area (Å²) >= 11 is 1.21. The topological polar surface area (TPSA) is 17.1 Å². The zero-order valence-electron chi connectivity index (χ0n) is 10.8. The molecule has 1 aromatic carbocycles. The second-order valence-electron chi connectivity index (χ2n) is 4.10. The van der Waals surface area contributed by atoms with Crippen LogP contribution in [0.2, 0.25) is 0 Å². The summed E-state index contributed by atoms with van der Waals surface area (Å²) in [4.78, 5) is 10.7. The predicted octanol–water partition coefficient (Wildman–Crippen LogP) is 4.70. The maximum absolute atomic E-state index is 12.7. The molecule has 19 heavy (non-hydrogen) atoms. The molecule has 0 N–H and O–H groups in total. The minimum Gasteiger partial charge on any atom is -0.288 e. The Morgan fingerprint density at radius 3 is 2.63 bits per heavy atom. The van der Waals surface area contributed by atoms with Gasteiger partial charge in [-0.2, -0.15) is 13.2 Å². The predicted molar refractivity (Wildman–Crippen MR) is 73.0 cm³/mol. The highest BCUT2D eigenvalue weighted by molar-refractivity contribution is 8.13. The van der Waals surface area contributed by atoms with Crippen LogP contribution in [0.25, 0.3) is 6.08 Å². The molecular formula is C14H15F3OS. The largest absolute Gasteiger partial charge is 0.416 e. The molecule has 0 heterocycles. The van der Waals surface area contributed by atoms with Crippen LogP contribution in [-0.2, 0) is 11.0 Å². The van der Waals surface area contributed by atoms with Gasteiger partial charge in [-0.25, -0.2) is 0 Å². The van der Waals surface area contributed by atoms with Crippen molar-refractivity contribution in [2.75, 3.05) is 5.75 Å². The first-order valence-corrected chi connectivity index (χ1v) is 6.77. The van der Waals surface area contributed by atoms with Crippen LogP contribution < -0.4 is 0 Å². The molecule has 0 aliphatic rings. The summed E-state index contributed by atoms with van der Waals surface area (Å²) in [7, 11) is 0. The molecule has 0 spiro atoms. The molecule has 0 saturated heterocycles. The van der Waals surface area contributed by atoms with Crippen molar-refractivity contribution >= 4 is 23.0 Å². The molecule has 0 saturated carbocycles.